The van der Waals surface area contributed by atoms with Crippen LogP contribution in [0.25, 0.3) is 5.65 Å². The van der Waals surface area contributed by atoms with E-state index in [1.807, 2.05) is 23.6 Å². The maximum absolute atomic E-state index is 15.2. The van der Waals surface area contributed by atoms with Crippen LogP contribution in [0.4, 0.5) is 33.5 Å². The van der Waals surface area contributed by atoms with Gasteiger partial charge in [-0.3, -0.25) is 9.20 Å². The molecule has 5 rings (SSSR count). The molecule has 8 nitrogen and oxygen atoms in total. The first kappa shape index (κ1) is 28.1. The van der Waals surface area contributed by atoms with Gasteiger partial charge in [-0.1, -0.05) is 13.0 Å². The third-order valence-corrected chi connectivity index (χ3v) is 6.89. The van der Waals surface area contributed by atoms with Gasteiger partial charge in [-0.2, -0.15) is 0 Å². The number of nitrogens with zero attached hydrogens (tertiary/aromatic N) is 5. The van der Waals surface area contributed by atoms with Crippen LogP contribution in [0.1, 0.15) is 35.6 Å². The fraction of sp³-hybridized carbons (Fsp3) is 0.321. The molecule has 1 atom stereocenters. The molecule has 0 aliphatic carbocycles. The number of alkyl halides is 3. The molecule has 1 saturated heterocycles. The van der Waals surface area contributed by atoms with Gasteiger partial charge in [-0.05, 0) is 49.2 Å². The number of benzene rings is 1. The minimum Gasteiger partial charge on any atom is -0.404 e. The molecule has 1 aliphatic heterocycles. The first-order valence-electron chi connectivity index (χ1n) is 13.0. The van der Waals surface area contributed by atoms with Crippen molar-refractivity contribution in [2.45, 2.75) is 39.2 Å². The average Bonchev–Trinajstić information content (AvgIpc) is 3.29. The van der Waals surface area contributed by atoms with Crippen LogP contribution in [-0.2, 0) is 13.0 Å². The molecule has 41 heavy (non-hydrogen) atoms. The van der Waals surface area contributed by atoms with Gasteiger partial charge in [0.2, 0.25) is 0 Å². The zero-order chi connectivity index (χ0) is 29.3. The number of piperazine rings is 1. The van der Waals surface area contributed by atoms with Gasteiger partial charge in [0.15, 0.2) is 0 Å². The number of aromatic nitrogens is 3. The normalized spacial score (nSPS) is 15.8. The van der Waals surface area contributed by atoms with Crippen molar-refractivity contribution in [1.29, 1.82) is 0 Å². The number of carbonyl (C=O) groups is 1. The molecule has 3 aromatic heterocycles. The summed E-state index contributed by atoms with van der Waals surface area (Å²) in [6.45, 7) is 5.27. The summed E-state index contributed by atoms with van der Waals surface area (Å²) in [6, 6.07) is 9.85. The predicted molar refractivity (Wildman–Crippen MR) is 142 cm³/mol. The van der Waals surface area contributed by atoms with Crippen LogP contribution < -0.4 is 19.9 Å². The average molecular weight is 575 g/mol. The van der Waals surface area contributed by atoms with E-state index in [9.17, 15) is 22.4 Å². The summed E-state index contributed by atoms with van der Waals surface area (Å²) in [4.78, 5) is 25.3. The van der Waals surface area contributed by atoms with Crippen molar-refractivity contribution in [2.75, 3.05) is 29.4 Å². The minimum atomic E-state index is -4.79. The largest absolute Gasteiger partial charge is 0.573 e. The number of fused-ring (bicyclic) bond motifs is 1. The number of ether oxygens (including phenoxy) is 1. The Morgan fingerprint density at radius 1 is 1.12 bits per heavy atom. The number of halogens is 5. The third kappa shape index (κ3) is 6.18. The molecule has 1 amide bonds. The molecule has 0 spiro atoms. The van der Waals surface area contributed by atoms with E-state index in [2.05, 4.69) is 20.0 Å². The highest BCUT2D eigenvalue weighted by molar-refractivity contribution is 5.94. The van der Waals surface area contributed by atoms with Gasteiger partial charge in [0.1, 0.15) is 34.5 Å². The highest BCUT2D eigenvalue weighted by Crippen LogP contribution is 2.28. The lowest BCUT2D eigenvalue weighted by Crippen LogP contribution is -2.52. The maximum Gasteiger partial charge on any atom is 0.573 e. The molecule has 0 saturated carbocycles. The van der Waals surface area contributed by atoms with Crippen LogP contribution in [0.15, 0.2) is 54.9 Å². The van der Waals surface area contributed by atoms with Gasteiger partial charge in [-0.25, -0.2) is 18.7 Å². The van der Waals surface area contributed by atoms with Crippen LogP contribution >= 0.6 is 0 Å². The SMILES string of the molecule is CCc1nc2cc(F)ccn2c1C(=O)NCc1ccc(N2CCN(c3ccc(OC(F)(F)F)cn3)[C@@H](C)C2)c(F)c1. The highest BCUT2D eigenvalue weighted by atomic mass is 19.4. The van der Waals surface area contributed by atoms with E-state index >= 15 is 4.39 Å². The molecule has 216 valence electrons. The molecule has 0 radical (unpaired) electrons. The van der Waals surface area contributed by atoms with Crippen molar-refractivity contribution in [3.8, 4) is 5.75 Å². The second-order valence-electron chi connectivity index (χ2n) is 9.69. The van der Waals surface area contributed by atoms with E-state index in [-0.39, 0.29) is 12.6 Å². The second kappa shape index (κ2) is 11.2. The number of rotatable bonds is 7. The molecule has 1 N–H and O–H groups in total. The monoisotopic (exact) mass is 574 g/mol. The Morgan fingerprint density at radius 2 is 1.93 bits per heavy atom. The van der Waals surface area contributed by atoms with Crippen molar-refractivity contribution < 1.29 is 31.5 Å². The zero-order valence-electron chi connectivity index (χ0n) is 22.3. The highest BCUT2D eigenvalue weighted by Gasteiger charge is 2.32. The van der Waals surface area contributed by atoms with E-state index in [4.69, 9.17) is 0 Å². The summed E-state index contributed by atoms with van der Waals surface area (Å²) in [5, 5.41) is 2.80. The van der Waals surface area contributed by atoms with E-state index in [1.165, 1.54) is 40.9 Å². The quantitative estimate of drug-likeness (QED) is 0.309. The van der Waals surface area contributed by atoms with Crippen molar-refractivity contribution in [1.82, 2.24) is 19.7 Å². The lowest BCUT2D eigenvalue weighted by molar-refractivity contribution is -0.274. The lowest BCUT2D eigenvalue weighted by Gasteiger charge is -2.41. The topological polar surface area (TPSA) is 75.0 Å². The van der Waals surface area contributed by atoms with E-state index in [0.29, 0.717) is 60.2 Å². The van der Waals surface area contributed by atoms with E-state index < -0.39 is 29.7 Å². The van der Waals surface area contributed by atoms with Crippen molar-refractivity contribution in [2.24, 2.45) is 0 Å². The second-order valence-corrected chi connectivity index (χ2v) is 9.69. The molecular formula is C28H27F5N6O2. The first-order chi connectivity index (χ1) is 19.5. The van der Waals surface area contributed by atoms with Crippen LogP contribution in [0.3, 0.4) is 0 Å². The molecule has 0 bridgehead atoms. The number of amides is 1. The number of aryl methyl sites for hydroxylation is 1. The smallest absolute Gasteiger partial charge is 0.404 e. The van der Waals surface area contributed by atoms with Gasteiger partial charge in [-0.15, -0.1) is 13.2 Å². The first-order valence-corrected chi connectivity index (χ1v) is 13.0. The van der Waals surface area contributed by atoms with Crippen molar-refractivity contribution in [3.63, 3.8) is 0 Å². The summed E-state index contributed by atoms with van der Waals surface area (Å²) in [5.74, 6) is -1.19. The Labute approximate surface area is 232 Å². The zero-order valence-corrected chi connectivity index (χ0v) is 22.3. The summed E-state index contributed by atoms with van der Waals surface area (Å²) < 4.78 is 71.5. The summed E-state index contributed by atoms with van der Waals surface area (Å²) in [5.41, 5.74) is 2.15. The van der Waals surface area contributed by atoms with Crippen LogP contribution in [0.2, 0.25) is 0 Å². The van der Waals surface area contributed by atoms with Crippen molar-refractivity contribution in [3.05, 3.63) is 83.4 Å². The number of hydrogen-bond donors (Lipinski definition) is 1. The van der Waals surface area contributed by atoms with E-state index in [0.717, 1.165) is 6.20 Å². The number of anilines is 2. The summed E-state index contributed by atoms with van der Waals surface area (Å²) >= 11 is 0. The van der Waals surface area contributed by atoms with Crippen LogP contribution in [-0.4, -0.2) is 52.3 Å². The number of imidazole rings is 1. The molecule has 4 aromatic rings. The maximum atomic E-state index is 15.2. The Kier molecular flexibility index (Phi) is 7.70. The Bertz CT molecular complexity index is 1560. The molecule has 1 aromatic carbocycles. The Morgan fingerprint density at radius 3 is 2.59 bits per heavy atom. The lowest BCUT2D eigenvalue weighted by atomic mass is 10.1. The van der Waals surface area contributed by atoms with Gasteiger partial charge < -0.3 is 19.9 Å². The third-order valence-electron chi connectivity index (χ3n) is 6.89. The number of carbonyl (C=O) groups excluding carboxylic acids is 1. The molecule has 1 fully saturated rings. The van der Waals surface area contributed by atoms with Gasteiger partial charge in [0.25, 0.3) is 5.91 Å². The fourth-order valence-electron chi connectivity index (χ4n) is 4.99. The summed E-state index contributed by atoms with van der Waals surface area (Å²) in [7, 11) is 0. The number of hydrogen-bond acceptors (Lipinski definition) is 6. The molecule has 4 heterocycles. The fourth-order valence-corrected chi connectivity index (χ4v) is 4.99. The number of pyridine rings is 2. The van der Waals surface area contributed by atoms with Crippen LogP contribution in [0.5, 0.6) is 5.75 Å². The minimum absolute atomic E-state index is 0.0809. The van der Waals surface area contributed by atoms with Gasteiger partial charge >= 0.3 is 6.36 Å². The van der Waals surface area contributed by atoms with E-state index in [1.54, 1.807) is 12.1 Å². The molecule has 1 aliphatic rings. The summed E-state index contributed by atoms with van der Waals surface area (Å²) in [6.07, 6.45) is -1.83. The van der Waals surface area contributed by atoms with Crippen LogP contribution in [0, 0.1) is 11.6 Å². The Balaban J connectivity index is 1.21. The molecule has 13 heteroatoms. The predicted octanol–water partition coefficient (Wildman–Crippen LogP) is 5.11. The Hall–Kier alpha value is -4.42. The van der Waals surface area contributed by atoms with Crippen molar-refractivity contribution >= 4 is 23.1 Å². The number of nitrogens with one attached hydrogen (secondary N) is 1. The standard InChI is InChI=1S/C28H27F5N6O2/c1-3-22-26(39-9-8-19(29)13-25(39)36-22)27(40)35-14-18-4-6-23(21(30)12-18)37-10-11-38(17(2)16-37)24-7-5-20(15-34-24)41-28(31,32)33/h4-9,12-13,15,17H,3,10-11,14,16H2,1-2H3,(H,35,40)/t17-/m0/s1. The molecular weight excluding hydrogens is 547 g/mol. The van der Waals surface area contributed by atoms with Gasteiger partial charge in [0.05, 0.1) is 17.6 Å². The molecule has 0 unspecified atom stereocenters. The van der Waals surface area contributed by atoms with Gasteiger partial charge in [0, 0.05) is 44.5 Å².